The summed E-state index contributed by atoms with van der Waals surface area (Å²) in [5.41, 5.74) is 2.63. The molecule has 0 aliphatic rings. The minimum atomic E-state index is -0.897. The molecule has 0 fully saturated rings. The first-order valence-corrected chi connectivity index (χ1v) is 9.47. The number of ether oxygens (including phenoxy) is 2. The Morgan fingerprint density at radius 3 is 2.61 bits per heavy atom. The maximum absolute atomic E-state index is 13.6. The Balaban J connectivity index is 1.46. The standard InChI is InChI=1S/C23H16F2N4O2/c1-30-16-4-5-17-20(11-16)26-9-8-21(17)31-13-23-28-27-22-7-3-15(12-29(22)23)14-2-6-18(24)19(25)10-14/h2-12H,13H2,1H3. The first-order chi connectivity index (χ1) is 15.1. The molecule has 154 valence electrons. The van der Waals surface area contributed by atoms with Crippen molar-refractivity contribution in [3.63, 3.8) is 0 Å². The quantitative estimate of drug-likeness (QED) is 0.410. The molecule has 0 aliphatic heterocycles. The van der Waals surface area contributed by atoms with Gasteiger partial charge in [-0.1, -0.05) is 6.07 Å². The maximum atomic E-state index is 13.6. The second-order valence-electron chi connectivity index (χ2n) is 6.87. The Kier molecular flexibility index (Phi) is 4.66. The number of halogens is 2. The highest BCUT2D eigenvalue weighted by Crippen LogP contribution is 2.28. The zero-order valence-electron chi connectivity index (χ0n) is 16.4. The van der Waals surface area contributed by atoms with Crippen molar-refractivity contribution in [3.05, 3.63) is 84.4 Å². The molecule has 0 bridgehead atoms. The SMILES string of the molecule is COc1ccc2c(OCc3nnc4ccc(-c5ccc(F)c(F)c5)cn34)ccnc2c1. The van der Waals surface area contributed by atoms with Gasteiger partial charge in [-0.2, -0.15) is 0 Å². The van der Waals surface area contributed by atoms with Gasteiger partial charge in [-0.25, -0.2) is 8.78 Å². The van der Waals surface area contributed by atoms with Crippen molar-refractivity contribution < 1.29 is 18.3 Å². The van der Waals surface area contributed by atoms with Crippen LogP contribution in [0.25, 0.3) is 27.7 Å². The summed E-state index contributed by atoms with van der Waals surface area (Å²) in [7, 11) is 1.60. The molecule has 0 amide bonds. The summed E-state index contributed by atoms with van der Waals surface area (Å²) in [6.45, 7) is 0.160. The first-order valence-electron chi connectivity index (χ1n) is 9.47. The molecule has 3 aromatic heterocycles. The van der Waals surface area contributed by atoms with Gasteiger partial charge < -0.3 is 9.47 Å². The molecule has 0 atom stereocenters. The molecule has 5 aromatic rings. The van der Waals surface area contributed by atoms with Crippen LogP contribution in [0, 0.1) is 11.6 Å². The van der Waals surface area contributed by atoms with Crippen LogP contribution in [0.15, 0.2) is 67.0 Å². The van der Waals surface area contributed by atoms with E-state index in [1.807, 2.05) is 18.2 Å². The van der Waals surface area contributed by atoms with E-state index < -0.39 is 11.6 Å². The molecular formula is C23H16F2N4O2. The van der Waals surface area contributed by atoms with Gasteiger partial charge in [-0.05, 0) is 53.6 Å². The second-order valence-corrected chi connectivity index (χ2v) is 6.87. The van der Waals surface area contributed by atoms with Gasteiger partial charge in [0, 0.05) is 23.8 Å². The lowest BCUT2D eigenvalue weighted by molar-refractivity contribution is 0.298. The van der Waals surface area contributed by atoms with Crippen molar-refractivity contribution in [2.75, 3.05) is 7.11 Å². The fraction of sp³-hybridized carbons (Fsp3) is 0.0870. The molecule has 2 aromatic carbocycles. The Morgan fingerprint density at radius 2 is 1.77 bits per heavy atom. The minimum absolute atomic E-state index is 0.160. The zero-order valence-corrected chi connectivity index (χ0v) is 16.4. The van der Waals surface area contributed by atoms with Gasteiger partial charge >= 0.3 is 0 Å². The van der Waals surface area contributed by atoms with Gasteiger partial charge in [-0.3, -0.25) is 9.38 Å². The van der Waals surface area contributed by atoms with E-state index in [0.717, 1.165) is 23.0 Å². The van der Waals surface area contributed by atoms with Crippen molar-refractivity contribution in [1.82, 2.24) is 19.6 Å². The number of hydrogen-bond donors (Lipinski definition) is 0. The van der Waals surface area contributed by atoms with Crippen LogP contribution in [0.3, 0.4) is 0 Å². The van der Waals surface area contributed by atoms with E-state index in [0.29, 0.717) is 34.1 Å². The van der Waals surface area contributed by atoms with E-state index in [1.165, 1.54) is 6.07 Å². The fourth-order valence-corrected chi connectivity index (χ4v) is 3.38. The summed E-state index contributed by atoms with van der Waals surface area (Å²) in [4.78, 5) is 4.35. The average Bonchev–Trinajstić information content (AvgIpc) is 3.21. The van der Waals surface area contributed by atoms with E-state index in [1.54, 1.807) is 42.1 Å². The van der Waals surface area contributed by atoms with Gasteiger partial charge in [0.05, 0.1) is 12.6 Å². The Labute approximate surface area is 175 Å². The molecule has 5 rings (SSSR count). The Bertz CT molecular complexity index is 1420. The minimum Gasteiger partial charge on any atom is -0.497 e. The molecule has 0 saturated carbocycles. The molecule has 8 heteroatoms. The lowest BCUT2D eigenvalue weighted by Gasteiger charge is -2.09. The largest absolute Gasteiger partial charge is 0.497 e. The van der Waals surface area contributed by atoms with Gasteiger partial charge in [0.1, 0.15) is 18.1 Å². The van der Waals surface area contributed by atoms with E-state index in [9.17, 15) is 8.78 Å². The van der Waals surface area contributed by atoms with Crippen LogP contribution >= 0.6 is 0 Å². The van der Waals surface area contributed by atoms with Crippen molar-refractivity contribution in [1.29, 1.82) is 0 Å². The predicted octanol–water partition coefficient (Wildman–Crippen LogP) is 4.81. The molecule has 31 heavy (non-hydrogen) atoms. The number of pyridine rings is 2. The third kappa shape index (κ3) is 3.52. The lowest BCUT2D eigenvalue weighted by Crippen LogP contribution is -2.02. The average molecular weight is 418 g/mol. The van der Waals surface area contributed by atoms with E-state index in [-0.39, 0.29) is 6.61 Å². The normalized spacial score (nSPS) is 11.2. The van der Waals surface area contributed by atoms with Crippen LogP contribution in [0.2, 0.25) is 0 Å². The third-order valence-corrected chi connectivity index (χ3v) is 4.99. The van der Waals surface area contributed by atoms with Gasteiger partial charge in [0.25, 0.3) is 0 Å². The highest BCUT2D eigenvalue weighted by Gasteiger charge is 2.11. The Morgan fingerprint density at radius 1 is 0.903 bits per heavy atom. The molecule has 0 N–H and O–H groups in total. The number of nitrogens with zero attached hydrogens (tertiary/aromatic N) is 4. The van der Waals surface area contributed by atoms with Gasteiger partial charge in [-0.15, -0.1) is 10.2 Å². The molecule has 0 unspecified atom stereocenters. The van der Waals surface area contributed by atoms with Crippen molar-refractivity contribution in [3.8, 4) is 22.6 Å². The van der Waals surface area contributed by atoms with Crippen LogP contribution in [-0.4, -0.2) is 26.7 Å². The van der Waals surface area contributed by atoms with Crippen LogP contribution < -0.4 is 9.47 Å². The number of benzene rings is 2. The first kappa shape index (κ1) is 18.9. The van der Waals surface area contributed by atoms with Gasteiger partial charge in [0.15, 0.2) is 23.1 Å². The van der Waals surface area contributed by atoms with E-state index in [4.69, 9.17) is 9.47 Å². The summed E-state index contributed by atoms with van der Waals surface area (Å²) >= 11 is 0. The van der Waals surface area contributed by atoms with Crippen molar-refractivity contribution in [2.24, 2.45) is 0 Å². The van der Waals surface area contributed by atoms with Crippen LogP contribution in [0.1, 0.15) is 5.82 Å². The summed E-state index contributed by atoms with van der Waals surface area (Å²) in [6, 6.07) is 14.7. The van der Waals surface area contributed by atoms with Crippen LogP contribution in [0.5, 0.6) is 11.5 Å². The number of aromatic nitrogens is 4. The molecule has 0 spiro atoms. The topological polar surface area (TPSA) is 61.5 Å². The molecular weight excluding hydrogens is 402 g/mol. The lowest BCUT2D eigenvalue weighted by atomic mass is 10.1. The summed E-state index contributed by atoms with van der Waals surface area (Å²) < 4.78 is 39.9. The van der Waals surface area contributed by atoms with Crippen molar-refractivity contribution >= 4 is 16.6 Å². The molecule has 0 radical (unpaired) electrons. The molecule has 0 saturated heterocycles. The highest BCUT2D eigenvalue weighted by molar-refractivity contribution is 5.85. The molecule has 6 nitrogen and oxygen atoms in total. The number of methoxy groups -OCH3 is 1. The number of rotatable bonds is 5. The summed E-state index contributed by atoms with van der Waals surface area (Å²) in [5, 5.41) is 9.20. The van der Waals surface area contributed by atoms with E-state index >= 15 is 0 Å². The fourth-order valence-electron chi connectivity index (χ4n) is 3.38. The van der Waals surface area contributed by atoms with Gasteiger partial charge in [0.2, 0.25) is 0 Å². The van der Waals surface area contributed by atoms with Crippen molar-refractivity contribution in [2.45, 2.75) is 6.61 Å². The monoisotopic (exact) mass is 418 g/mol. The third-order valence-electron chi connectivity index (χ3n) is 4.99. The molecule has 3 heterocycles. The summed E-state index contributed by atoms with van der Waals surface area (Å²) in [5.74, 6) is 0.154. The second kappa shape index (κ2) is 7.64. The number of hydrogen-bond acceptors (Lipinski definition) is 5. The maximum Gasteiger partial charge on any atom is 0.175 e. The smallest absolute Gasteiger partial charge is 0.175 e. The predicted molar refractivity (Wildman–Crippen MR) is 111 cm³/mol. The van der Waals surface area contributed by atoms with Crippen LogP contribution in [-0.2, 0) is 6.61 Å². The Hall–Kier alpha value is -4.07. The van der Waals surface area contributed by atoms with E-state index in [2.05, 4.69) is 15.2 Å². The number of fused-ring (bicyclic) bond motifs is 2. The summed E-state index contributed by atoms with van der Waals surface area (Å²) in [6.07, 6.45) is 3.44. The molecule has 0 aliphatic carbocycles. The zero-order chi connectivity index (χ0) is 21.4. The van der Waals surface area contributed by atoms with Crippen LogP contribution in [0.4, 0.5) is 8.78 Å². The highest BCUT2D eigenvalue weighted by atomic mass is 19.2.